The number of pyridine rings is 1. The van der Waals surface area contributed by atoms with Crippen molar-refractivity contribution >= 4 is 16.7 Å². The SMILES string of the molecule is COC(=O)c1cccn(Cc2ccccc2-c2ccc3ccccc3c2)c1=O. The van der Waals surface area contributed by atoms with E-state index >= 15 is 0 Å². The predicted molar refractivity (Wildman–Crippen MR) is 111 cm³/mol. The third kappa shape index (κ3) is 3.32. The van der Waals surface area contributed by atoms with E-state index in [1.807, 2.05) is 30.3 Å². The minimum atomic E-state index is -0.623. The van der Waals surface area contributed by atoms with E-state index in [9.17, 15) is 9.59 Å². The lowest BCUT2D eigenvalue weighted by Gasteiger charge is -2.13. The molecule has 0 unspecified atom stereocenters. The van der Waals surface area contributed by atoms with Gasteiger partial charge in [-0.15, -0.1) is 0 Å². The number of hydrogen-bond donors (Lipinski definition) is 0. The highest BCUT2D eigenvalue weighted by Crippen LogP contribution is 2.27. The van der Waals surface area contributed by atoms with E-state index in [4.69, 9.17) is 4.74 Å². The van der Waals surface area contributed by atoms with Gasteiger partial charge >= 0.3 is 5.97 Å². The summed E-state index contributed by atoms with van der Waals surface area (Å²) in [6.45, 7) is 0.368. The maximum atomic E-state index is 12.7. The van der Waals surface area contributed by atoms with Gasteiger partial charge in [0, 0.05) is 6.20 Å². The van der Waals surface area contributed by atoms with Crippen molar-refractivity contribution < 1.29 is 9.53 Å². The second kappa shape index (κ2) is 7.53. The molecule has 0 aliphatic carbocycles. The number of fused-ring (bicyclic) bond motifs is 1. The fraction of sp³-hybridized carbons (Fsp3) is 0.0833. The van der Waals surface area contributed by atoms with Crippen LogP contribution in [0.15, 0.2) is 89.9 Å². The van der Waals surface area contributed by atoms with Gasteiger partial charge in [-0.25, -0.2) is 4.79 Å². The minimum absolute atomic E-state index is 0.0354. The Balaban J connectivity index is 1.77. The Morgan fingerprint density at radius 3 is 2.46 bits per heavy atom. The normalized spacial score (nSPS) is 10.8. The van der Waals surface area contributed by atoms with Crippen LogP contribution in [0.25, 0.3) is 21.9 Å². The number of aromatic nitrogens is 1. The van der Waals surface area contributed by atoms with Gasteiger partial charge in [-0.3, -0.25) is 4.79 Å². The highest BCUT2D eigenvalue weighted by molar-refractivity contribution is 5.89. The Kier molecular flexibility index (Phi) is 4.77. The Morgan fingerprint density at radius 2 is 1.64 bits per heavy atom. The van der Waals surface area contributed by atoms with Crippen LogP contribution in [0.3, 0.4) is 0 Å². The summed E-state index contributed by atoms with van der Waals surface area (Å²) in [7, 11) is 1.27. The minimum Gasteiger partial charge on any atom is -0.465 e. The molecule has 138 valence electrons. The van der Waals surface area contributed by atoms with Gasteiger partial charge in [0.05, 0.1) is 13.7 Å². The first kappa shape index (κ1) is 17.7. The van der Waals surface area contributed by atoms with Crippen molar-refractivity contribution in [2.24, 2.45) is 0 Å². The predicted octanol–water partition coefficient (Wildman–Crippen LogP) is 4.50. The molecule has 0 atom stereocenters. The fourth-order valence-corrected chi connectivity index (χ4v) is 3.41. The number of esters is 1. The molecule has 0 spiro atoms. The van der Waals surface area contributed by atoms with Crippen molar-refractivity contribution in [3.05, 3.63) is 107 Å². The van der Waals surface area contributed by atoms with Crippen molar-refractivity contribution in [1.29, 1.82) is 0 Å². The number of carbonyl (C=O) groups is 1. The molecule has 4 nitrogen and oxygen atoms in total. The molecule has 28 heavy (non-hydrogen) atoms. The van der Waals surface area contributed by atoms with E-state index in [0.29, 0.717) is 6.54 Å². The molecule has 0 radical (unpaired) electrons. The van der Waals surface area contributed by atoms with E-state index in [0.717, 1.165) is 16.7 Å². The standard InChI is InChI=1S/C24H19NO3/c1-28-24(27)22-11-6-14-25(23(22)26)16-20-9-4-5-10-21(20)19-13-12-17-7-2-3-8-18(17)15-19/h2-15H,16H2,1H3. The summed E-state index contributed by atoms with van der Waals surface area (Å²) in [5, 5.41) is 2.35. The van der Waals surface area contributed by atoms with Crippen LogP contribution in [-0.2, 0) is 11.3 Å². The fourth-order valence-electron chi connectivity index (χ4n) is 3.41. The molecule has 0 saturated heterocycles. The number of carbonyl (C=O) groups excluding carboxylic acids is 1. The third-order valence-electron chi connectivity index (χ3n) is 4.84. The second-order valence-electron chi connectivity index (χ2n) is 6.57. The first-order valence-corrected chi connectivity index (χ1v) is 9.02. The molecule has 0 N–H and O–H groups in total. The summed E-state index contributed by atoms with van der Waals surface area (Å²) in [4.78, 5) is 24.5. The Morgan fingerprint density at radius 1 is 0.893 bits per heavy atom. The molecule has 4 rings (SSSR count). The molecule has 0 amide bonds. The Bertz CT molecular complexity index is 1220. The topological polar surface area (TPSA) is 48.3 Å². The van der Waals surface area contributed by atoms with Crippen LogP contribution in [0, 0.1) is 0 Å². The van der Waals surface area contributed by atoms with Gasteiger partial charge in [-0.05, 0) is 45.7 Å². The van der Waals surface area contributed by atoms with Crippen molar-refractivity contribution in [3.8, 4) is 11.1 Å². The molecule has 1 aromatic heterocycles. The molecule has 3 aromatic carbocycles. The summed E-state index contributed by atoms with van der Waals surface area (Å²) < 4.78 is 6.24. The van der Waals surface area contributed by atoms with E-state index < -0.39 is 5.97 Å². The first-order valence-electron chi connectivity index (χ1n) is 9.02. The van der Waals surface area contributed by atoms with Gasteiger partial charge in [0.15, 0.2) is 0 Å². The van der Waals surface area contributed by atoms with E-state index in [2.05, 4.69) is 36.4 Å². The van der Waals surface area contributed by atoms with Crippen molar-refractivity contribution in [1.82, 2.24) is 4.57 Å². The van der Waals surface area contributed by atoms with Crippen LogP contribution in [0.5, 0.6) is 0 Å². The summed E-state index contributed by atoms with van der Waals surface area (Å²) in [6, 6.07) is 25.7. The summed E-state index contributed by atoms with van der Waals surface area (Å²) in [5.41, 5.74) is 2.83. The zero-order valence-electron chi connectivity index (χ0n) is 15.5. The lowest BCUT2D eigenvalue weighted by Crippen LogP contribution is -2.26. The molecule has 0 aliphatic rings. The van der Waals surface area contributed by atoms with E-state index in [1.165, 1.54) is 28.5 Å². The number of rotatable bonds is 4. The van der Waals surface area contributed by atoms with E-state index in [-0.39, 0.29) is 11.1 Å². The van der Waals surface area contributed by atoms with Crippen LogP contribution in [0.2, 0.25) is 0 Å². The molecule has 0 aliphatic heterocycles. The lowest BCUT2D eigenvalue weighted by atomic mass is 9.97. The van der Waals surface area contributed by atoms with Crippen molar-refractivity contribution in [3.63, 3.8) is 0 Å². The summed E-state index contributed by atoms with van der Waals surface area (Å²) >= 11 is 0. The molecule has 4 heteroatoms. The van der Waals surface area contributed by atoms with Crippen LogP contribution < -0.4 is 5.56 Å². The van der Waals surface area contributed by atoms with Crippen LogP contribution in [-0.4, -0.2) is 17.6 Å². The van der Waals surface area contributed by atoms with Gasteiger partial charge < -0.3 is 9.30 Å². The zero-order chi connectivity index (χ0) is 19.5. The second-order valence-corrected chi connectivity index (χ2v) is 6.57. The first-order chi connectivity index (χ1) is 13.7. The summed E-state index contributed by atoms with van der Waals surface area (Å²) in [6.07, 6.45) is 1.69. The lowest BCUT2D eigenvalue weighted by molar-refractivity contribution is 0.0598. The zero-order valence-corrected chi connectivity index (χ0v) is 15.5. The van der Waals surface area contributed by atoms with Crippen molar-refractivity contribution in [2.45, 2.75) is 6.54 Å². The third-order valence-corrected chi connectivity index (χ3v) is 4.84. The van der Waals surface area contributed by atoms with Crippen LogP contribution in [0.1, 0.15) is 15.9 Å². The smallest absolute Gasteiger partial charge is 0.343 e. The molecular weight excluding hydrogens is 350 g/mol. The number of hydrogen-bond acceptors (Lipinski definition) is 3. The number of methoxy groups -OCH3 is 1. The molecular formula is C24H19NO3. The molecule has 1 heterocycles. The maximum absolute atomic E-state index is 12.7. The van der Waals surface area contributed by atoms with Gasteiger partial charge in [0.25, 0.3) is 5.56 Å². The van der Waals surface area contributed by atoms with Crippen molar-refractivity contribution in [2.75, 3.05) is 7.11 Å². The van der Waals surface area contributed by atoms with Gasteiger partial charge in [-0.2, -0.15) is 0 Å². The van der Waals surface area contributed by atoms with Gasteiger partial charge in [0.2, 0.25) is 0 Å². The highest BCUT2D eigenvalue weighted by Gasteiger charge is 2.13. The highest BCUT2D eigenvalue weighted by atomic mass is 16.5. The van der Waals surface area contributed by atoms with Gasteiger partial charge in [0.1, 0.15) is 5.56 Å². The molecule has 0 bridgehead atoms. The number of ether oxygens (including phenoxy) is 1. The maximum Gasteiger partial charge on any atom is 0.343 e. The Labute approximate surface area is 162 Å². The van der Waals surface area contributed by atoms with Crippen LogP contribution in [0.4, 0.5) is 0 Å². The number of benzene rings is 3. The number of nitrogens with zero attached hydrogens (tertiary/aromatic N) is 1. The molecule has 4 aromatic rings. The monoisotopic (exact) mass is 369 g/mol. The molecule has 0 fully saturated rings. The van der Waals surface area contributed by atoms with E-state index in [1.54, 1.807) is 12.3 Å². The van der Waals surface area contributed by atoms with Crippen LogP contribution >= 0.6 is 0 Å². The largest absolute Gasteiger partial charge is 0.465 e. The Hall–Kier alpha value is -3.66. The molecule has 0 saturated carbocycles. The average molecular weight is 369 g/mol. The quantitative estimate of drug-likeness (QED) is 0.498. The van der Waals surface area contributed by atoms with Gasteiger partial charge in [-0.1, -0.05) is 60.7 Å². The average Bonchev–Trinajstić information content (AvgIpc) is 2.74. The summed E-state index contributed by atoms with van der Waals surface area (Å²) in [5.74, 6) is -0.623.